The quantitative estimate of drug-likeness (QED) is 0.866. The average molecular weight is 379 g/mol. The SMILES string of the molecule is CC1(C)CC(=O)c2c(O)cc(OCC(=O)N=C3N=c4ccccc4=N3)cc2O1. The predicted octanol–water partition coefficient (Wildman–Crippen LogP) is 1.35. The van der Waals surface area contributed by atoms with Crippen molar-refractivity contribution in [1.82, 2.24) is 0 Å². The number of carbonyl (C=O) groups is 2. The Morgan fingerprint density at radius 3 is 2.61 bits per heavy atom. The summed E-state index contributed by atoms with van der Waals surface area (Å²) in [5.41, 5.74) is -0.559. The zero-order chi connectivity index (χ0) is 19.9. The van der Waals surface area contributed by atoms with Gasteiger partial charge in [0.25, 0.3) is 11.9 Å². The lowest BCUT2D eigenvalue weighted by atomic mass is 9.92. The number of aliphatic imine (C=N–C) groups is 1. The van der Waals surface area contributed by atoms with E-state index in [2.05, 4.69) is 15.0 Å². The molecule has 2 aliphatic heterocycles. The fraction of sp³-hybridized carbons (Fsp3) is 0.250. The molecule has 0 aliphatic carbocycles. The Morgan fingerprint density at radius 2 is 1.93 bits per heavy atom. The van der Waals surface area contributed by atoms with Gasteiger partial charge in [0.1, 0.15) is 28.4 Å². The van der Waals surface area contributed by atoms with Gasteiger partial charge in [0, 0.05) is 12.1 Å². The Morgan fingerprint density at radius 1 is 1.25 bits per heavy atom. The summed E-state index contributed by atoms with van der Waals surface area (Å²) in [4.78, 5) is 36.4. The first kappa shape index (κ1) is 17.8. The van der Waals surface area contributed by atoms with Crippen LogP contribution >= 0.6 is 0 Å². The molecule has 1 amide bonds. The molecule has 0 spiro atoms. The van der Waals surface area contributed by atoms with E-state index in [1.165, 1.54) is 12.1 Å². The Bertz CT molecular complexity index is 1110. The van der Waals surface area contributed by atoms with Crippen LogP contribution < -0.4 is 20.2 Å². The maximum absolute atomic E-state index is 12.2. The first-order chi connectivity index (χ1) is 13.3. The van der Waals surface area contributed by atoms with Crippen molar-refractivity contribution in [2.75, 3.05) is 6.61 Å². The van der Waals surface area contributed by atoms with E-state index in [9.17, 15) is 14.7 Å². The number of aromatic hydroxyl groups is 1. The van der Waals surface area contributed by atoms with Crippen molar-refractivity contribution < 1.29 is 24.2 Å². The zero-order valence-corrected chi connectivity index (χ0v) is 15.3. The number of phenols is 1. The third kappa shape index (κ3) is 3.48. The smallest absolute Gasteiger partial charge is 0.286 e. The minimum atomic E-state index is -0.683. The van der Waals surface area contributed by atoms with Crippen molar-refractivity contribution in [1.29, 1.82) is 0 Å². The summed E-state index contributed by atoms with van der Waals surface area (Å²) in [6.07, 6.45) is 0.166. The van der Waals surface area contributed by atoms with Gasteiger partial charge >= 0.3 is 0 Å². The predicted molar refractivity (Wildman–Crippen MR) is 98.5 cm³/mol. The van der Waals surface area contributed by atoms with Crippen molar-refractivity contribution in [3.8, 4) is 17.2 Å². The molecular weight excluding hydrogens is 362 g/mol. The fourth-order valence-electron chi connectivity index (χ4n) is 3.06. The summed E-state index contributed by atoms with van der Waals surface area (Å²) >= 11 is 0. The topological polar surface area (TPSA) is 110 Å². The molecule has 2 aromatic carbocycles. The van der Waals surface area contributed by atoms with Crippen LogP contribution in [0.25, 0.3) is 0 Å². The standard InChI is InChI=1S/C20H17N3O5/c1-20(2)9-15(25)18-14(24)7-11(8-16(18)28-20)27-10-17(26)23-19-21-12-5-3-4-6-13(12)22-19/h3-8,24H,9-10H2,1-2H3. The minimum absolute atomic E-state index is 0.0683. The lowest BCUT2D eigenvalue weighted by Gasteiger charge is -2.32. The van der Waals surface area contributed by atoms with E-state index < -0.39 is 11.5 Å². The van der Waals surface area contributed by atoms with E-state index in [4.69, 9.17) is 9.47 Å². The highest BCUT2D eigenvalue weighted by Crippen LogP contribution is 2.40. The number of rotatable bonds is 3. The molecule has 28 heavy (non-hydrogen) atoms. The third-order valence-electron chi connectivity index (χ3n) is 4.22. The number of fused-ring (bicyclic) bond motifs is 2. The molecule has 2 heterocycles. The van der Waals surface area contributed by atoms with Gasteiger partial charge in [0.05, 0.1) is 17.1 Å². The van der Waals surface area contributed by atoms with Crippen LogP contribution in [0.4, 0.5) is 0 Å². The lowest BCUT2D eigenvalue weighted by molar-refractivity contribution is -0.119. The highest BCUT2D eigenvalue weighted by molar-refractivity contribution is 6.03. The van der Waals surface area contributed by atoms with Crippen LogP contribution in [0, 0.1) is 0 Å². The molecule has 2 aromatic rings. The molecule has 1 N–H and O–H groups in total. The van der Waals surface area contributed by atoms with Crippen LogP contribution in [0.3, 0.4) is 0 Å². The highest BCUT2D eigenvalue weighted by atomic mass is 16.5. The molecule has 0 saturated heterocycles. The Balaban J connectivity index is 1.49. The van der Waals surface area contributed by atoms with E-state index in [1.54, 1.807) is 26.0 Å². The second-order valence-electron chi connectivity index (χ2n) is 7.08. The number of amides is 1. The van der Waals surface area contributed by atoms with Gasteiger partial charge in [-0.05, 0) is 26.0 Å². The number of para-hydroxylation sites is 2. The van der Waals surface area contributed by atoms with Gasteiger partial charge < -0.3 is 14.6 Å². The maximum atomic E-state index is 12.2. The van der Waals surface area contributed by atoms with Gasteiger partial charge in [-0.25, -0.2) is 9.98 Å². The summed E-state index contributed by atoms with van der Waals surface area (Å²) in [6.45, 7) is 3.19. The second kappa shape index (κ2) is 6.56. The van der Waals surface area contributed by atoms with Gasteiger partial charge in [-0.3, -0.25) is 9.59 Å². The number of phenolic OH excluding ortho intramolecular Hbond substituents is 1. The Kier molecular flexibility index (Phi) is 4.18. The first-order valence-corrected chi connectivity index (χ1v) is 8.67. The molecule has 0 fully saturated rings. The molecule has 8 heteroatoms. The van der Waals surface area contributed by atoms with Crippen LogP contribution in [0.5, 0.6) is 17.2 Å². The first-order valence-electron chi connectivity index (χ1n) is 8.67. The number of Topliss-reactive ketones (excluding diaryl/α,β-unsaturated/α-hetero) is 1. The number of ether oxygens (including phenoxy) is 2. The summed E-state index contributed by atoms with van der Waals surface area (Å²) in [7, 11) is 0. The molecule has 0 atom stereocenters. The fourth-order valence-corrected chi connectivity index (χ4v) is 3.06. The van der Waals surface area contributed by atoms with Gasteiger partial charge in [-0.15, -0.1) is 0 Å². The maximum Gasteiger partial charge on any atom is 0.286 e. The summed E-state index contributed by atoms with van der Waals surface area (Å²) < 4.78 is 11.2. The monoisotopic (exact) mass is 379 g/mol. The van der Waals surface area contributed by atoms with Crippen molar-refractivity contribution in [3.63, 3.8) is 0 Å². The van der Waals surface area contributed by atoms with Gasteiger partial charge in [0.15, 0.2) is 12.4 Å². The molecule has 8 nitrogen and oxygen atoms in total. The van der Waals surface area contributed by atoms with Crippen LogP contribution in [-0.2, 0) is 4.79 Å². The number of ketones is 1. The molecule has 142 valence electrons. The number of benzene rings is 2. The van der Waals surface area contributed by atoms with E-state index >= 15 is 0 Å². The van der Waals surface area contributed by atoms with E-state index in [-0.39, 0.29) is 47.6 Å². The van der Waals surface area contributed by atoms with Crippen molar-refractivity contribution in [2.45, 2.75) is 25.9 Å². The van der Waals surface area contributed by atoms with Crippen LogP contribution in [0.1, 0.15) is 30.6 Å². The average Bonchev–Trinajstić information content (AvgIpc) is 3.00. The summed E-state index contributed by atoms with van der Waals surface area (Å²) in [5.74, 6) is -0.543. The van der Waals surface area contributed by atoms with Gasteiger partial charge in [0.2, 0.25) is 0 Å². The van der Waals surface area contributed by atoms with Crippen molar-refractivity contribution in [3.05, 3.63) is 52.7 Å². The van der Waals surface area contributed by atoms with Gasteiger partial charge in [-0.2, -0.15) is 4.99 Å². The minimum Gasteiger partial charge on any atom is -0.507 e. The normalized spacial score (nSPS) is 16.2. The molecule has 0 saturated carbocycles. The molecular formula is C20H17N3O5. The second-order valence-corrected chi connectivity index (χ2v) is 7.08. The molecule has 4 rings (SSSR count). The van der Waals surface area contributed by atoms with Crippen molar-refractivity contribution in [2.24, 2.45) is 15.0 Å². The number of hydrogen-bond acceptors (Lipinski definition) is 5. The van der Waals surface area contributed by atoms with E-state index in [0.29, 0.717) is 10.7 Å². The van der Waals surface area contributed by atoms with Crippen LogP contribution in [-0.4, -0.2) is 35.0 Å². The van der Waals surface area contributed by atoms with Crippen LogP contribution in [0.15, 0.2) is 51.4 Å². The number of guanidine groups is 1. The molecule has 0 aromatic heterocycles. The largest absolute Gasteiger partial charge is 0.507 e. The molecule has 0 radical (unpaired) electrons. The van der Waals surface area contributed by atoms with E-state index in [0.717, 1.165) is 0 Å². The van der Waals surface area contributed by atoms with Crippen molar-refractivity contribution >= 4 is 17.6 Å². The molecule has 2 aliphatic rings. The summed E-state index contributed by atoms with van der Waals surface area (Å²) in [6, 6.07) is 9.96. The Hall–Kier alpha value is -3.55. The molecule has 0 bridgehead atoms. The highest BCUT2D eigenvalue weighted by Gasteiger charge is 2.35. The number of carbonyl (C=O) groups excluding carboxylic acids is 2. The summed E-state index contributed by atoms with van der Waals surface area (Å²) in [5, 5.41) is 11.5. The third-order valence-corrected chi connectivity index (χ3v) is 4.22. The lowest BCUT2D eigenvalue weighted by Crippen LogP contribution is -2.35. The zero-order valence-electron chi connectivity index (χ0n) is 15.3. The van der Waals surface area contributed by atoms with Gasteiger partial charge in [-0.1, -0.05) is 12.1 Å². The number of hydrogen-bond donors (Lipinski definition) is 1. The van der Waals surface area contributed by atoms with E-state index in [1.807, 2.05) is 12.1 Å². The van der Waals surface area contributed by atoms with Crippen LogP contribution in [0.2, 0.25) is 0 Å². The number of nitrogens with zero attached hydrogens (tertiary/aromatic N) is 3. The molecule has 0 unspecified atom stereocenters. The Labute approximate surface area is 159 Å².